The summed E-state index contributed by atoms with van der Waals surface area (Å²) in [5.41, 5.74) is 1.51. The number of carbonyl (C=O) groups is 1. The van der Waals surface area contributed by atoms with Gasteiger partial charge in [0.2, 0.25) is 0 Å². The Labute approximate surface area is 264 Å². The van der Waals surface area contributed by atoms with Gasteiger partial charge >= 0.3 is 0 Å². The van der Waals surface area contributed by atoms with E-state index in [1.807, 2.05) is 20.2 Å². The number of nitrogens with zero attached hydrogens (tertiary/aromatic N) is 3. The second kappa shape index (κ2) is 14.6. The summed E-state index contributed by atoms with van der Waals surface area (Å²) in [6.45, 7) is 3.77. The van der Waals surface area contributed by atoms with Crippen molar-refractivity contribution in [3.63, 3.8) is 0 Å². The predicted molar refractivity (Wildman–Crippen MR) is 174 cm³/mol. The number of terminal acetylenes is 1. The van der Waals surface area contributed by atoms with E-state index in [4.69, 9.17) is 6.42 Å². The minimum absolute atomic E-state index is 0.103. The van der Waals surface area contributed by atoms with E-state index in [0.29, 0.717) is 41.8 Å². The second-order valence-electron chi connectivity index (χ2n) is 12.8. The molecule has 0 unspecified atom stereocenters. The first-order chi connectivity index (χ1) is 20.5. The highest BCUT2D eigenvalue weighted by molar-refractivity contribution is 7.98. The molecule has 1 heterocycles. The van der Waals surface area contributed by atoms with Gasteiger partial charge in [0.25, 0.3) is 6.20 Å². The number of rotatable bonds is 10. The van der Waals surface area contributed by atoms with Gasteiger partial charge in [-0.1, -0.05) is 18.4 Å². The lowest BCUT2D eigenvalue weighted by Gasteiger charge is -2.54. The molecule has 0 radical (unpaired) electrons. The molecule has 5 rings (SSSR count). The maximum Gasteiger partial charge on any atom is 0.274 e. The summed E-state index contributed by atoms with van der Waals surface area (Å²) < 4.78 is 0. The second-order valence-corrected chi connectivity index (χ2v) is 14.9. The fourth-order valence-electron chi connectivity index (χ4n) is 7.93. The molecule has 1 aromatic rings. The first-order valence-electron chi connectivity index (χ1n) is 15.4. The molecule has 3 N–H and O–H groups in total. The van der Waals surface area contributed by atoms with E-state index in [9.17, 15) is 20.0 Å². The summed E-state index contributed by atoms with van der Waals surface area (Å²) in [4.78, 5) is 28.2. The van der Waals surface area contributed by atoms with Crippen molar-refractivity contribution in [2.24, 2.45) is 29.1 Å². The number of thioether (sulfide) groups is 1. The molecular weight excluding hydrogens is 583 g/mol. The number of ketones is 1. The average Bonchev–Trinajstić information content (AvgIpc) is 3.52. The fraction of sp³-hybridized carbons (Fsp3) is 0.688. The smallest absolute Gasteiger partial charge is 0.274 e. The molecule has 0 amide bonds. The molecule has 1 aromatic heterocycles. The van der Waals surface area contributed by atoms with Crippen LogP contribution < -0.4 is 10.6 Å². The Morgan fingerprint density at radius 3 is 2.79 bits per heavy atom. The average molecular weight is 630 g/mol. The summed E-state index contributed by atoms with van der Waals surface area (Å²) in [6, 6.07) is 0. The van der Waals surface area contributed by atoms with E-state index in [1.54, 1.807) is 30.1 Å². The van der Waals surface area contributed by atoms with Crippen LogP contribution in [0.1, 0.15) is 69.0 Å². The summed E-state index contributed by atoms with van der Waals surface area (Å²) in [5, 5.41) is 30.2. The molecule has 236 valence electrons. The highest BCUT2D eigenvalue weighted by Crippen LogP contribution is 2.64. The van der Waals surface area contributed by atoms with Gasteiger partial charge in [0, 0.05) is 48.9 Å². The Bertz CT molecular complexity index is 1260. The van der Waals surface area contributed by atoms with E-state index >= 15 is 0 Å². The molecule has 0 bridgehead atoms. The molecule has 0 aromatic carbocycles. The van der Waals surface area contributed by atoms with E-state index in [0.717, 1.165) is 79.9 Å². The van der Waals surface area contributed by atoms with Crippen molar-refractivity contribution < 1.29 is 14.8 Å². The Hall–Kier alpha value is -2.39. The van der Waals surface area contributed by atoms with Crippen LogP contribution in [0.3, 0.4) is 0 Å². The van der Waals surface area contributed by atoms with E-state index in [1.165, 1.54) is 12.0 Å². The number of fused-ring (bicyclic) bond motifs is 5. The maximum absolute atomic E-state index is 11.7. The van der Waals surface area contributed by atoms with Crippen LogP contribution in [0.25, 0.3) is 0 Å². The Kier molecular flexibility index (Phi) is 11.4. The number of nitrogens with one attached hydrogen (secondary N) is 2. The third kappa shape index (κ3) is 7.83. The lowest BCUT2D eigenvalue weighted by atomic mass is 9.50. The number of aromatic nitrogens is 1. The molecule has 4 aliphatic rings. The van der Waals surface area contributed by atoms with Gasteiger partial charge in [-0.05, 0) is 88.8 Å². The van der Waals surface area contributed by atoms with Crippen molar-refractivity contribution in [2.45, 2.75) is 76.2 Å². The highest BCUT2D eigenvalue weighted by atomic mass is 32.2. The molecule has 3 saturated carbocycles. The molecule has 9 nitrogen and oxygen atoms in total. The van der Waals surface area contributed by atoms with Crippen LogP contribution in [0.2, 0.25) is 0 Å². The minimum Gasteiger partial charge on any atom is -0.377 e. The molecule has 3 fully saturated rings. The minimum atomic E-state index is -0.902. The van der Waals surface area contributed by atoms with Crippen molar-refractivity contribution in [1.29, 1.82) is 0 Å². The highest BCUT2D eigenvalue weighted by Gasteiger charge is 2.61. The number of aliphatic hydroxyl groups is 1. The standard InChI is InChI=1S/C20H26O2.C12H21N5O2S2/c1-3-20(22)11-9-18-17-6-4-13-12-14(21)5-7-15(13)16(17)8-10-19(18,20)2;1-13-11(6-17(18)19)14-4-5-20-8-10-9-21-12(15-10)7-16(2)3/h1,12,15-18,22H,4-11H2,2H3;6,9,13-14H,4-5,7-8H2,1-3H3/b;11-6+/t15-,16+,17+,18-,19-,20-;/m0./s1. The molecule has 0 aliphatic heterocycles. The van der Waals surface area contributed by atoms with Gasteiger partial charge in [0.05, 0.1) is 10.6 Å². The Balaban J connectivity index is 0.000000197. The van der Waals surface area contributed by atoms with Crippen LogP contribution >= 0.6 is 23.1 Å². The molecule has 11 heteroatoms. The summed E-state index contributed by atoms with van der Waals surface area (Å²) in [6.07, 6.45) is 16.7. The first-order valence-corrected chi connectivity index (χ1v) is 17.4. The number of hydrogen-bond acceptors (Lipinski definition) is 10. The molecule has 6 atom stereocenters. The third-order valence-corrected chi connectivity index (χ3v) is 11.9. The molecule has 0 spiro atoms. The molecule has 4 aliphatic carbocycles. The Morgan fingerprint density at radius 1 is 1.30 bits per heavy atom. The van der Waals surface area contributed by atoms with Gasteiger partial charge in [-0.15, -0.1) is 17.8 Å². The van der Waals surface area contributed by atoms with Gasteiger partial charge in [-0.3, -0.25) is 14.9 Å². The van der Waals surface area contributed by atoms with Crippen LogP contribution in [-0.4, -0.2) is 64.7 Å². The van der Waals surface area contributed by atoms with Crippen molar-refractivity contribution >= 4 is 28.9 Å². The van der Waals surface area contributed by atoms with Gasteiger partial charge < -0.3 is 20.6 Å². The lowest BCUT2D eigenvalue weighted by molar-refractivity contribution is -0.404. The molecular formula is C32H47N5O4S2. The quantitative estimate of drug-likeness (QED) is 0.145. The molecule has 43 heavy (non-hydrogen) atoms. The van der Waals surface area contributed by atoms with Crippen LogP contribution in [0.5, 0.6) is 0 Å². The van der Waals surface area contributed by atoms with E-state index in [2.05, 4.69) is 38.7 Å². The van der Waals surface area contributed by atoms with Crippen molar-refractivity contribution in [2.75, 3.05) is 33.4 Å². The van der Waals surface area contributed by atoms with E-state index in [-0.39, 0.29) is 5.41 Å². The summed E-state index contributed by atoms with van der Waals surface area (Å²) in [7, 11) is 5.70. The normalized spacial score (nSPS) is 31.5. The SMILES string of the molecule is C#C[C@]1(O)CC[C@H]2[C@@H]3CCC4=CC(=O)CC[C@@H]4[C@H]3CC[C@@]21C.CN/C(=C\[N+](=O)[O-])NCCSCc1csc(CN(C)C)n1. The zero-order chi connectivity index (χ0) is 31.2. The number of thiazole rings is 1. The zero-order valence-corrected chi connectivity index (χ0v) is 27.6. The topological polar surface area (TPSA) is 121 Å². The fourth-order valence-corrected chi connectivity index (χ4v) is 9.69. The van der Waals surface area contributed by atoms with Crippen LogP contribution in [0, 0.1) is 51.5 Å². The maximum atomic E-state index is 11.7. The van der Waals surface area contributed by atoms with Crippen LogP contribution in [0.15, 0.2) is 29.1 Å². The van der Waals surface area contributed by atoms with E-state index < -0.39 is 10.5 Å². The summed E-state index contributed by atoms with van der Waals surface area (Å²) in [5.74, 6) is 7.79. The largest absolute Gasteiger partial charge is 0.377 e. The van der Waals surface area contributed by atoms with Crippen LogP contribution in [-0.2, 0) is 17.1 Å². The number of nitro groups is 1. The van der Waals surface area contributed by atoms with Gasteiger partial charge in [0.15, 0.2) is 11.6 Å². The Morgan fingerprint density at radius 2 is 2.09 bits per heavy atom. The van der Waals surface area contributed by atoms with Crippen molar-refractivity contribution in [3.05, 3.63) is 49.9 Å². The first kappa shape index (κ1) is 33.5. The lowest BCUT2D eigenvalue weighted by Crippen LogP contribution is -2.52. The monoisotopic (exact) mass is 629 g/mol. The van der Waals surface area contributed by atoms with Crippen molar-refractivity contribution in [3.8, 4) is 12.3 Å². The van der Waals surface area contributed by atoms with Gasteiger partial charge in [-0.25, -0.2) is 4.98 Å². The molecule has 0 saturated heterocycles. The predicted octanol–water partition coefficient (Wildman–Crippen LogP) is 4.82. The van der Waals surface area contributed by atoms with Crippen molar-refractivity contribution in [1.82, 2.24) is 20.5 Å². The van der Waals surface area contributed by atoms with Gasteiger partial charge in [0.1, 0.15) is 10.6 Å². The number of carbonyl (C=O) groups excluding carboxylic acids is 1. The summed E-state index contributed by atoms with van der Waals surface area (Å²) >= 11 is 3.43. The van der Waals surface area contributed by atoms with Gasteiger partial charge in [-0.2, -0.15) is 11.8 Å². The number of allylic oxidation sites excluding steroid dienone is 1. The number of hydrogen-bond donors (Lipinski definition) is 3. The van der Waals surface area contributed by atoms with Crippen LogP contribution in [0.4, 0.5) is 0 Å². The third-order valence-electron chi connectivity index (χ3n) is 10.1. The zero-order valence-electron chi connectivity index (χ0n) is 25.9.